The highest BCUT2D eigenvalue weighted by molar-refractivity contribution is 6.01. The molecule has 22 heavy (non-hydrogen) atoms. The molecule has 0 fully saturated rings. The Labute approximate surface area is 124 Å². The van der Waals surface area contributed by atoms with E-state index in [1.807, 2.05) is 0 Å². The molecule has 0 aromatic heterocycles. The van der Waals surface area contributed by atoms with Gasteiger partial charge in [-0.15, -0.1) is 0 Å². The summed E-state index contributed by atoms with van der Waals surface area (Å²) >= 11 is 0. The summed E-state index contributed by atoms with van der Waals surface area (Å²) in [5, 5.41) is 3.90. The summed E-state index contributed by atoms with van der Waals surface area (Å²) in [4.78, 5) is 0. The van der Waals surface area contributed by atoms with Crippen LogP contribution in [0.5, 0.6) is 5.75 Å². The third kappa shape index (κ3) is 3.97. The van der Waals surface area contributed by atoms with E-state index in [0.29, 0.717) is 17.3 Å². The van der Waals surface area contributed by atoms with Crippen molar-refractivity contribution in [2.45, 2.75) is 13.5 Å². The lowest BCUT2D eigenvalue weighted by Crippen LogP contribution is -2.08. The minimum Gasteiger partial charge on any atom is -0.434 e. The van der Waals surface area contributed by atoms with E-state index in [-0.39, 0.29) is 11.4 Å². The maximum Gasteiger partial charge on any atom is 0.387 e. The molecule has 0 bridgehead atoms. The number of nitrogens with one attached hydrogen (secondary N) is 1. The smallest absolute Gasteiger partial charge is 0.387 e. The van der Waals surface area contributed by atoms with Crippen LogP contribution in [0, 0.1) is 11.6 Å². The Morgan fingerprint density at radius 2 is 1.86 bits per heavy atom. The highest BCUT2D eigenvalue weighted by Gasteiger charge is 2.11. The monoisotopic (exact) mass is 312 g/mol. The molecule has 0 atom stereocenters. The van der Waals surface area contributed by atoms with Gasteiger partial charge in [-0.3, -0.25) is 5.43 Å². The SMILES string of the molecule is C/C(=N\Nc1ccc(F)cc1F)c1ccccc1OC(F)F. The minimum atomic E-state index is -2.96. The first kappa shape index (κ1) is 15.8. The number of benzene rings is 2. The van der Waals surface area contributed by atoms with Crippen molar-refractivity contribution in [2.75, 3.05) is 5.43 Å². The first-order chi connectivity index (χ1) is 10.5. The van der Waals surface area contributed by atoms with E-state index in [2.05, 4.69) is 15.3 Å². The van der Waals surface area contributed by atoms with E-state index in [9.17, 15) is 17.6 Å². The van der Waals surface area contributed by atoms with Crippen molar-refractivity contribution >= 4 is 11.4 Å². The number of para-hydroxylation sites is 1. The van der Waals surface area contributed by atoms with Crippen LogP contribution >= 0.6 is 0 Å². The number of anilines is 1. The second kappa shape index (κ2) is 6.93. The fourth-order valence-corrected chi connectivity index (χ4v) is 1.75. The van der Waals surface area contributed by atoms with E-state index in [0.717, 1.165) is 6.07 Å². The first-order valence-electron chi connectivity index (χ1n) is 6.27. The Bertz CT molecular complexity index is 689. The van der Waals surface area contributed by atoms with Gasteiger partial charge in [0.15, 0.2) is 5.82 Å². The van der Waals surface area contributed by atoms with Gasteiger partial charge in [0.05, 0.1) is 11.4 Å². The van der Waals surface area contributed by atoms with Gasteiger partial charge >= 0.3 is 6.61 Å². The zero-order valence-electron chi connectivity index (χ0n) is 11.5. The van der Waals surface area contributed by atoms with Gasteiger partial charge in [0.2, 0.25) is 0 Å². The van der Waals surface area contributed by atoms with Crippen LogP contribution in [0.1, 0.15) is 12.5 Å². The Kier molecular flexibility index (Phi) is 4.98. The molecular formula is C15H12F4N2O. The molecule has 0 spiro atoms. The van der Waals surface area contributed by atoms with Gasteiger partial charge in [-0.2, -0.15) is 13.9 Å². The summed E-state index contributed by atoms with van der Waals surface area (Å²) in [5.74, 6) is -1.56. The molecule has 116 valence electrons. The van der Waals surface area contributed by atoms with Gasteiger partial charge in [0, 0.05) is 11.6 Å². The van der Waals surface area contributed by atoms with Crippen LogP contribution in [0.25, 0.3) is 0 Å². The molecule has 2 aromatic rings. The highest BCUT2D eigenvalue weighted by Crippen LogP contribution is 2.21. The summed E-state index contributed by atoms with van der Waals surface area (Å²) in [5.41, 5.74) is 3.02. The number of halogens is 4. The van der Waals surface area contributed by atoms with Crippen molar-refractivity contribution in [3.63, 3.8) is 0 Å². The van der Waals surface area contributed by atoms with Crippen LogP contribution in [-0.2, 0) is 0 Å². The topological polar surface area (TPSA) is 33.6 Å². The van der Waals surface area contributed by atoms with Crippen LogP contribution < -0.4 is 10.2 Å². The molecule has 0 heterocycles. The number of hydrogen-bond donors (Lipinski definition) is 1. The molecular weight excluding hydrogens is 300 g/mol. The Balaban J connectivity index is 2.22. The van der Waals surface area contributed by atoms with Gasteiger partial charge in [-0.05, 0) is 31.2 Å². The average Bonchev–Trinajstić information content (AvgIpc) is 2.46. The third-order valence-electron chi connectivity index (χ3n) is 2.77. The number of hydrazone groups is 1. The highest BCUT2D eigenvalue weighted by atomic mass is 19.3. The van der Waals surface area contributed by atoms with Crippen molar-refractivity contribution in [2.24, 2.45) is 5.10 Å². The lowest BCUT2D eigenvalue weighted by Gasteiger charge is -2.10. The predicted octanol–water partition coefficient (Wildman–Crippen LogP) is 4.40. The van der Waals surface area contributed by atoms with E-state index in [1.165, 1.54) is 12.1 Å². The predicted molar refractivity (Wildman–Crippen MR) is 75.3 cm³/mol. The standard InChI is InChI=1S/C15H12F4N2O/c1-9(11-4-2-3-5-14(11)22-15(18)19)20-21-13-7-6-10(16)8-12(13)17/h2-8,15,21H,1H3/b20-9+. The van der Waals surface area contributed by atoms with Crippen LogP contribution in [0.15, 0.2) is 47.6 Å². The lowest BCUT2D eigenvalue weighted by atomic mass is 10.1. The van der Waals surface area contributed by atoms with Crippen LogP contribution in [0.3, 0.4) is 0 Å². The molecule has 7 heteroatoms. The van der Waals surface area contributed by atoms with Gasteiger partial charge in [0.25, 0.3) is 0 Å². The fourth-order valence-electron chi connectivity index (χ4n) is 1.75. The number of rotatable bonds is 5. The third-order valence-corrected chi connectivity index (χ3v) is 2.77. The quantitative estimate of drug-likeness (QED) is 0.504. The van der Waals surface area contributed by atoms with E-state index in [4.69, 9.17) is 0 Å². The number of hydrogen-bond acceptors (Lipinski definition) is 3. The average molecular weight is 312 g/mol. The van der Waals surface area contributed by atoms with Crippen molar-refractivity contribution in [1.29, 1.82) is 0 Å². The molecule has 0 amide bonds. The molecule has 0 aliphatic carbocycles. The number of nitrogens with zero attached hydrogens (tertiary/aromatic N) is 1. The molecule has 0 saturated heterocycles. The summed E-state index contributed by atoms with van der Waals surface area (Å²) < 4.78 is 55.3. The molecule has 2 aromatic carbocycles. The van der Waals surface area contributed by atoms with Gasteiger partial charge in [0.1, 0.15) is 11.6 Å². The zero-order chi connectivity index (χ0) is 16.1. The Morgan fingerprint density at radius 3 is 2.55 bits per heavy atom. The molecule has 2 rings (SSSR count). The summed E-state index contributed by atoms with van der Waals surface area (Å²) in [6.45, 7) is -1.42. The molecule has 1 N–H and O–H groups in total. The second-order valence-electron chi connectivity index (χ2n) is 4.31. The molecule has 0 unspecified atom stereocenters. The fraction of sp³-hybridized carbons (Fsp3) is 0.133. The molecule has 0 radical (unpaired) electrons. The normalized spacial score (nSPS) is 11.6. The summed E-state index contributed by atoms with van der Waals surface area (Å²) in [6.07, 6.45) is 0. The van der Waals surface area contributed by atoms with Crippen LogP contribution in [-0.4, -0.2) is 12.3 Å². The van der Waals surface area contributed by atoms with Crippen molar-refractivity contribution in [3.05, 3.63) is 59.7 Å². The Hall–Kier alpha value is -2.57. The number of alkyl halides is 2. The summed E-state index contributed by atoms with van der Waals surface area (Å²) in [6, 6.07) is 9.05. The molecule has 0 aliphatic heterocycles. The minimum absolute atomic E-state index is 0.0343. The van der Waals surface area contributed by atoms with E-state index < -0.39 is 18.2 Å². The molecule has 0 saturated carbocycles. The first-order valence-corrected chi connectivity index (χ1v) is 6.27. The van der Waals surface area contributed by atoms with Crippen LogP contribution in [0.2, 0.25) is 0 Å². The van der Waals surface area contributed by atoms with Gasteiger partial charge in [-0.1, -0.05) is 12.1 Å². The maximum absolute atomic E-state index is 13.5. The maximum atomic E-state index is 13.5. The van der Waals surface area contributed by atoms with E-state index in [1.54, 1.807) is 25.1 Å². The van der Waals surface area contributed by atoms with Crippen molar-refractivity contribution < 1.29 is 22.3 Å². The molecule has 0 aliphatic rings. The second-order valence-corrected chi connectivity index (χ2v) is 4.31. The molecule has 3 nitrogen and oxygen atoms in total. The number of ether oxygens (including phenoxy) is 1. The van der Waals surface area contributed by atoms with Crippen molar-refractivity contribution in [3.8, 4) is 5.75 Å². The van der Waals surface area contributed by atoms with Crippen LogP contribution in [0.4, 0.5) is 23.2 Å². The van der Waals surface area contributed by atoms with Crippen molar-refractivity contribution in [1.82, 2.24) is 0 Å². The van der Waals surface area contributed by atoms with Gasteiger partial charge in [-0.25, -0.2) is 8.78 Å². The Morgan fingerprint density at radius 1 is 1.14 bits per heavy atom. The van der Waals surface area contributed by atoms with E-state index >= 15 is 0 Å². The zero-order valence-corrected chi connectivity index (χ0v) is 11.5. The van der Waals surface area contributed by atoms with Gasteiger partial charge < -0.3 is 4.74 Å². The largest absolute Gasteiger partial charge is 0.434 e. The summed E-state index contributed by atoms with van der Waals surface area (Å²) in [7, 11) is 0. The lowest BCUT2D eigenvalue weighted by molar-refractivity contribution is -0.0499.